The van der Waals surface area contributed by atoms with E-state index in [0.717, 1.165) is 32.5 Å². The lowest BCUT2D eigenvalue weighted by Gasteiger charge is -2.33. The topological polar surface area (TPSA) is 32.3 Å². The first-order valence-corrected chi connectivity index (χ1v) is 7.92. The van der Waals surface area contributed by atoms with Gasteiger partial charge in [0.05, 0.1) is 6.04 Å². The molecular formula is C19H22N2O. The molecule has 0 aliphatic carbocycles. The van der Waals surface area contributed by atoms with Gasteiger partial charge in [-0.3, -0.25) is 9.69 Å². The highest BCUT2D eigenvalue weighted by Crippen LogP contribution is 2.18. The molecule has 1 heterocycles. The standard InChI is InChI=1S/C19H22N2O/c22-19-18(12-7-13-20-19)21(14-16-8-3-1-4-9-16)15-17-10-5-2-6-11-17/h1-6,8-11,18H,7,12-15H2,(H,20,22). The Labute approximate surface area is 132 Å². The smallest absolute Gasteiger partial charge is 0.237 e. The molecule has 0 saturated carbocycles. The van der Waals surface area contributed by atoms with Crippen molar-refractivity contribution in [1.82, 2.24) is 10.2 Å². The maximum atomic E-state index is 12.3. The summed E-state index contributed by atoms with van der Waals surface area (Å²) < 4.78 is 0. The Morgan fingerprint density at radius 1 is 0.909 bits per heavy atom. The monoisotopic (exact) mass is 294 g/mol. The minimum atomic E-state index is -0.0332. The van der Waals surface area contributed by atoms with E-state index in [0.29, 0.717) is 0 Å². The van der Waals surface area contributed by atoms with E-state index >= 15 is 0 Å². The van der Waals surface area contributed by atoms with E-state index in [-0.39, 0.29) is 11.9 Å². The number of carbonyl (C=O) groups is 1. The van der Waals surface area contributed by atoms with Gasteiger partial charge in [-0.2, -0.15) is 0 Å². The quantitative estimate of drug-likeness (QED) is 0.919. The molecule has 1 unspecified atom stereocenters. The molecule has 3 nitrogen and oxygen atoms in total. The number of hydrogen-bond donors (Lipinski definition) is 1. The molecule has 1 saturated heterocycles. The highest BCUT2D eigenvalue weighted by molar-refractivity contribution is 5.82. The summed E-state index contributed by atoms with van der Waals surface area (Å²) in [6.45, 7) is 2.40. The van der Waals surface area contributed by atoms with Gasteiger partial charge in [0.2, 0.25) is 5.91 Å². The normalized spacial score (nSPS) is 18.2. The van der Waals surface area contributed by atoms with Crippen molar-refractivity contribution in [3.05, 3.63) is 71.8 Å². The molecule has 1 fully saturated rings. The van der Waals surface area contributed by atoms with Crippen LogP contribution in [0.25, 0.3) is 0 Å². The lowest BCUT2D eigenvalue weighted by Crippen LogP contribution is -2.49. The van der Waals surface area contributed by atoms with Crippen molar-refractivity contribution in [2.24, 2.45) is 0 Å². The third kappa shape index (κ3) is 3.74. The number of amides is 1. The summed E-state index contributed by atoms with van der Waals surface area (Å²) >= 11 is 0. The van der Waals surface area contributed by atoms with Gasteiger partial charge in [-0.15, -0.1) is 0 Å². The van der Waals surface area contributed by atoms with Crippen LogP contribution in [0.2, 0.25) is 0 Å². The van der Waals surface area contributed by atoms with Gasteiger partial charge >= 0.3 is 0 Å². The third-order valence-electron chi connectivity index (χ3n) is 4.15. The first kappa shape index (κ1) is 14.8. The second-order valence-electron chi connectivity index (χ2n) is 5.83. The highest BCUT2D eigenvalue weighted by Gasteiger charge is 2.28. The van der Waals surface area contributed by atoms with Gasteiger partial charge in [-0.05, 0) is 24.0 Å². The number of hydrogen-bond acceptors (Lipinski definition) is 2. The molecule has 2 aromatic rings. The summed E-state index contributed by atoms with van der Waals surface area (Å²) in [5.41, 5.74) is 2.49. The zero-order valence-corrected chi connectivity index (χ0v) is 12.7. The molecule has 2 aromatic carbocycles. The second kappa shape index (κ2) is 7.23. The van der Waals surface area contributed by atoms with Crippen LogP contribution in [0.1, 0.15) is 24.0 Å². The van der Waals surface area contributed by atoms with Crippen molar-refractivity contribution >= 4 is 5.91 Å². The maximum Gasteiger partial charge on any atom is 0.237 e. The van der Waals surface area contributed by atoms with Crippen LogP contribution >= 0.6 is 0 Å². The number of rotatable bonds is 5. The highest BCUT2D eigenvalue weighted by atomic mass is 16.2. The van der Waals surface area contributed by atoms with Crippen LogP contribution in [0.3, 0.4) is 0 Å². The lowest BCUT2D eigenvalue weighted by molar-refractivity contribution is -0.128. The largest absolute Gasteiger partial charge is 0.355 e. The van der Waals surface area contributed by atoms with Crippen molar-refractivity contribution in [2.45, 2.75) is 32.0 Å². The third-order valence-corrected chi connectivity index (χ3v) is 4.15. The molecule has 1 amide bonds. The van der Waals surface area contributed by atoms with E-state index in [1.165, 1.54) is 11.1 Å². The van der Waals surface area contributed by atoms with Crippen molar-refractivity contribution in [3.8, 4) is 0 Å². The van der Waals surface area contributed by atoms with Crippen LogP contribution in [-0.4, -0.2) is 23.4 Å². The minimum absolute atomic E-state index is 0.0332. The fourth-order valence-corrected chi connectivity index (χ4v) is 3.02. The van der Waals surface area contributed by atoms with E-state index in [9.17, 15) is 4.79 Å². The van der Waals surface area contributed by atoms with Crippen LogP contribution in [0, 0.1) is 0 Å². The molecule has 0 aromatic heterocycles. The summed E-state index contributed by atoms with van der Waals surface area (Å²) in [5, 5.41) is 3.00. The lowest BCUT2D eigenvalue weighted by atomic mass is 10.0. The molecule has 22 heavy (non-hydrogen) atoms. The summed E-state index contributed by atoms with van der Waals surface area (Å²) in [6.07, 6.45) is 1.99. The molecule has 0 spiro atoms. The number of nitrogens with one attached hydrogen (secondary N) is 1. The molecule has 0 radical (unpaired) electrons. The fraction of sp³-hybridized carbons (Fsp3) is 0.316. The van der Waals surface area contributed by atoms with Gasteiger partial charge < -0.3 is 5.32 Å². The molecule has 114 valence electrons. The van der Waals surface area contributed by atoms with Gasteiger partial charge in [0.25, 0.3) is 0 Å². The average Bonchev–Trinajstić information content (AvgIpc) is 2.57. The molecule has 1 atom stereocenters. The van der Waals surface area contributed by atoms with Gasteiger partial charge in [0.1, 0.15) is 0 Å². The van der Waals surface area contributed by atoms with E-state index in [1.807, 2.05) is 12.1 Å². The second-order valence-corrected chi connectivity index (χ2v) is 5.83. The van der Waals surface area contributed by atoms with Crippen molar-refractivity contribution < 1.29 is 4.79 Å². The molecule has 3 rings (SSSR count). The molecular weight excluding hydrogens is 272 g/mol. The SMILES string of the molecule is O=C1NCCCC1N(Cc1ccccc1)Cc1ccccc1. The van der Waals surface area contributed by atoms with Crippen LogP contribution in [-0.2, 0) is 17.9 Å². The van der Waals surface area contributed by atoms with Gasteiger partial charge in [-0.25, -0.2) is 0 Å². The summed E-state index contributed by atoms with van der Waals surface area (Å²) in [6, 6.07) is 20.7. The maximum absolute atomic E-state index is 12.3. The Bertz CT molecular complexity index is 556. The van der Waals surface area contributed by atoms with Gasteiger partial charge in [-0.1, -0.05) is 60.7 Å². The molecule has 3 heteroatoms. The Kier molecular flexibility index (Phi) is 4.86. The fourth-order valence-electron chi connectivity index (χ4n) is 3.02. The minimum Gasteiger partial charge on any atom is -0.355 e. The molecule has 0 bridgehead atoms. The number of benzene rings is 2. The van der Waals surface area contributed by atoms with Crippen molar-refractivity contribution in [1.29, 1.82) is 0 Å². The number of piperidine rings is 1. The van der Waals surface area contributed by atoms with Gasteiger partial charge in [0, 0.05) is 19.6 Å². The van der Waals surface area contributed by atoms with Crippen molar-refractivity contribution in [2.75, 3.05) is 6.54 Å². The zero-order valence-electron chi connectivity index (χ0n) is 12.7. The van der Waals surface area contributed by atoms with Crippen LogP contribution in [0.15, 0.2) is 60.7 Å². The average molecular weight is 294 g/mol. The molecule has 1 N–H and O–H groups in total. The molecule has 1 aliphatic rings. The van der Waals surface area contributed by atoms with E-state index in [4.69, 9.17) is 0 Å². The zero-order chi connectivity index (χ0) is 15.2. The summed E-state index contributed by atoms with van der Waals surface area (Å²) in [7, 11) is 0. The van der Waals surface area contributed by atoms with Crippen LogP contribution in [0.5, 0.6) is 0 Å². The van der Waals surface area contributed by atoms with E-state index in [2.05, 4.69) is 58.7 Å². The Hall–Kier alpha value is -2.13. The number of nitrogens with zero attached hydrogens (tertiary/aromatic N) is 1. The van der Waals surface area contributed by atoms with E-state index in [1.54, 1.807) is 0 Å². The Morgan fingerprint density at radius 2 is 1.45 bits per heavy atom. The van der Waals surface area contributed by atoms with Crippen LogP contribution in [0.4, 0.5) is 0 Å². The van der Waals surface area contributed by atoms with Crippen molar-refractivity contribution in [3.63, 3.8) is 0 Å². The van der Waals surface area contributed by atoms with E-state index < -0.39 is 0 Å². The summed E-state index contributed by atoms with van der Waals surface area (Å²) in [5.74, 6) is 0.165. The predicted molar refractivity (Wildman–Crippen MR) is 88.2 cm³/mol. The first-order valence-electron chi connectivity index (χ1n) is 7.92. The number of carbonyl (C=O) groups excluding carboxylic acids is 1. The Morgan fingerprint density at radius 3 is 1.95 bits per heavy atom. The first-order chi connectivity index (χ1) is 10.8. The predicted octanol–water partition coefficient (Wildman–Crippen LogP) is 2.97. The van der Waals surface area contributed by atoms with Crippen LogP contribution < -0.4 is 5.32 Å². The molecule has 1 aliphatic heterocycles. The Balaban J connectivity index is 1.79. The van der Waals surface area contributed by atoms with Gasteiger partial charge in [0.15, 0.2) is 0 Å². The summed E-state index contributed by atoms with van der Waals surface area (Å²) in [4.78, 5) is 14.6.